The SMILES string of the molecule is CC/C=C\C/C=C\C/C=C\C/C=C\C/C=C\C/C=C\C/C=C\CCCCCCCCCCCC(=O)OCC(COC(=O)CCCCCCC)OC(=O)CCCCCCCCCC/C=C\C/C=C\C/C=C\C/C=C\CC. The lowest BCUT2D eigenvalue weighted by molar-refractivity contribution is -0.167. The second kappa shape index (κ2) is 62.1. The fourth-order valence-electron chi connectivity index (χ4n) is 8.12. The number of carbonyl (C=O) groups is 3. The van der Waals surface area contributed by atoms with Gasteiger partial charge in [-0.15, -0.1) is 0 Å². The zero-order valence-corrected chi connectivity index (χ0v) is 48.5. The van der Waals surface area contributed by atoms with Crippen LogP contribution in [-0.4, -0.2) is 37.2 Å². The number of esters is 3. The topological polar surface area (TPSA) is 78.9 Å². The first-order valence-corrected chi connectivity index (χ1v) is 30.7. The fourth-order valence-corrected chi connectivity index (χ4v) is 8.12. The minimum absolute atomic E-state index is 0.0864. The molecule has 0 spiro atoms. The smallest absolute Gasteiger partial charge is 0.306 e. The standard InChI is InChI=1S/C69H112O6/c1-4-7-10-13-15-17-19-21-23-25-27-29-30-31-32-33-34-35-36-37-38-40-41-43-45-47-49-51-53-56-59-62-68(71)74-65-66(64-73-67(70)61-58-55-12-9-6-3)75-69(72)63-60-57-54-52-50-48-46-44-42-39-28-26-24-22-20-18-16-14-11-8-5-2/h7-8,10-11,15-18,21-24,27-29,31-32,34-35,37-39,66H,4-6,9,12-14,19-20,25-26,30,33,36,40-65H2,1-3H3/b10-7-,11-8-,17-15-,18-16-,23-21-,24-22-,29-27-,32-31-,35-34-,38-37-,39-28-. The van der Waals surface area contributed by atoms with E-state index < -0.39 is 6.10 Å². The van der Waals surface area contributed by atoms with E-state index in [0.29, 0.717) is 19.3 Å². The Labute approximate surface area is 462 Å². The Morgan fingerprint density at radius 3 is 0.813 bits per heavy atom. The number of ether oxygens (including phenoxy) is 3. The third kappa shape index (κ3) is 60.3. The molecule has 0 rings (SSSR count). The molecule has 0 fully saturated rings. The summed E-state index contributed by atoms with van der Waals surface area (Å²) in [7, 11) is 0. The van der Waals surface area contributed by atoms with Crippen molar-refractivity contribution in [1.29, 1.82) is 0 Å². The van der Waals surface area contributed by atoms with Crippen molar-refractivity contribution >= 4 is 17.9 Å². The van der Waals surface area contributed by atoms with Crippen molar-refractivity contribution in [3.63, 3.8) is 0 Å². The monoisotopic (exact) mass is 1040 g/mol. The summed E-state index contributed by atoms with van der Waals surface area (Å²) in [6, 6.07) is 0. The van der Waals surface area contributed by atoms with E-state index in [1.54, 1.807) is 0 Å². The Morgan fingerprint density at radius 2 is 0.520 bits per heavy atom. The van der Waals surface area contributed by atoms with E-state index in [1.807, 2.05) is 0 Å². The van der Waals surface area contributed by atoms with Gasteiger partial charge in [-0.05, 0) is 116 Å². The van der Waals surface area contributed by atoms with E-state index in [-0.39, 0.29) is 31.1 Å². The average molecular weight is 1040 g/mol. The van der Waals surface area contributed by atoms with Gasteiger partial charge in [-0.1, -0.05) is 264 Å². The van der Waals surface area contributed by atoms with Crippen molar-refractivity contribution in [3.8, 4) is 0 Å². The zero-order valence-electron chi connectivity index (χ0n) is 48.5. The average Bonchev–Trinajstić information content (AvgIpc) is 3.41. The van der Waals surface area contributed by atoms with E-state index in [1.165, 1.54) is 77.0 Å². The van der Waals surface area contributed by atoms with E-state index >= 15 is 0 Å². The molecule has 75 heavy (non-hydrogen) atoms. The zero-order chi connectivity index (χ0) is 54.3. The van der Waals surface area contributed by atoms with Crippen molar-refractivity contribution < 1.29 is 28.6 Å². The number of allylic oxidation sites excluding steroid dienone is 22. The highest BCUT2D eigenvalue weighted by Gasteiger charge is 2.19. The Kier molecular flexibility index (Phi) is 58.4. The summed E-state index contributed by atoms with van der Waals surface area (Å²) in [6.07, 6.45) is 87.8. The molecule has 0 saturated carbocycles. The molecule has 0 aromatic carbocycles. The Hall–Kier alpha value is -4.45. The largest absolute Gasteiger partial charge is 0.462 e. The second-order valence-corrected chi connectivity index (χ2v) is 19.9. The van der Waals surface area contributed by atoms with Crippen molar-refractivity contribution in [2.45, 2.75) is 271 Å². The van der Waals surface area contributed by atoms with Crippen LogP contribution in [0, 0.1) is 0 Å². The van der Waals surface area contributed by atoms with Crippen LogP contribution in [0.3, 0.4) is 0 Å². The molecule has 0 aliphatic carbocycles. The lowest BCUT2D eigenvalue weighted by Gasteiger charge is -2.18. The lowest BCUT2D eigenvalue weighted by atomic mass is 10.1. The quantitative estimate of drug-likeness (QED) is 0.0261. The number of hydrogen-bond donors (Lipinski definition) is 0. The molecule has 0 aromatic heterocycles. The molecule has 6 heteroatoms. The van der Waals surface area contributed by atoms with Crippen LogP contribution in [0.25, 0.3) is 0 Å². The van der Waals surface area contributed by atoms with Crippen molar-refractivity contribution in [3.05, 3.63) is 134 Å². The lowest BCUT2D eigenvalue weighted by Crippen LogP contribution is -2.30. The Balaban J connectivity index is 4.10. The predicted octanol–water partition coefficient (Wildman–Crippen LogP) is 21.0. The molecular weight excluding hydrogens is 925 g/mol. The first-order chi connectivity index (χ1) is 37.0. The number of carbonyl (C=O) groups excluding carboxylic acids is 3. The van der Waals surface area contributed by atoms with Gasteiger partial charge in [0.15, 0.2) is 6.10 Å². The number of rotatable bonds is 54. The van der Waals surface area contributed by atoms with Crippen LogP contribution in [0.2, 0.25) is 0 Å². The summed E-state index contributed by atoms with van der Waals surface area (Å²) in [4.78, 5) is 37.9. The van der Waals surface area contributed by atoms with E-state index in [4.69, 9.17) is 14.2 Å². The molecule has 0 amide bonds. The Morgan fingerprint density at radius 1 is 0.280 bits per heavy atom. The van der Waals surface area contributed by atoms with Crippen LogP contribution in [-0.2, 0) is 28.6 Å². The predicted molar refractivity (Wildman–Crippen MR) is 325 cm³/mol. The maximum absolute atomic E-state index is 12.8. The van der Waals surface area contributed by atoms with Crippen molar-refractivity contribution in [1.82, 2.24) is 0 Å². The highest BCUT2D eigenvalue weighted by molar-refractivity contribution is 5.71. The maximum atomic E-state index is 12.8. The molecule has 0 bridgehead atoms. The van der Waals surface area contributed by atoms with Crippen LogP contribution >= 0.6 is 0 Å². The molecular formula is C69H112O6. The van der Waals surface area contributed by atoms with E-state index in [2.05, 4.69) is 154 Å². The molecule has 1 unspecified atom stereocenters. The molecule has 0 saturated heterocycles. The highest BCUT2D eigenvalue weighted by atomic mass is 16.6. The molecule has 0 aliphatic rings. The van der Waals surface area contributed by atoms with Gasteiger partial charge >= 0.3 is 17.9 Å². The van der Waals surface area contributed by atoms with Gasteiger partial charge in [0.2, 0.25) is 0 Å². The summed E-state index contributed by atoms with van der Waals surface area (Å²) >= 11 is 0. The van der Waals surface area contributed by atoms with Gasteiger partial charge in [0.25, 0.3) is 0 Å². The maximum Gasteiger partial charge on any atom is 0.306 e. The first kappa shape index (κ1) is 70.5. The van der Waals surface area contributed by atoms with Gasteiger partial charge in [0, 0.05) is 19.3 Å². The molecule has 424 valence electrons. The van der Waals surface area contributed by atoms with Gasteiger partial charge in [-0.25, -0.2) is 0 Å². The normalized spacial score (nSPS) is 13.1. The van der Waals surface area contributed by atoms with Crippen LogP contribution in [0.1, 0.15) is 265 Å². The summed E-state index contributed by atoms with van der Waals surface area (Å²) in [5.41, 5.74) is 0. The van der Waals surface area contributed by atoms with Crippen LogP contribution in [0.4, 0.5) is 0 Å². The first-order valence-electron chi connectivity index (χ1n) is 30.7. The molecule has 0 radical (unpaired) electrons. The fraction of sp³-hybridized carbons (Fsp3) is 0.638. The van der Waals surface area contributed by atoms with Gasteiger partial charge in [0.05, 0.1) is 0 Å². The third-order valence-corrected chi connectivity index (χ3v) is 12.7. The number of unbranched alkanes of at least 4 members (excludes halogenated alkanes) is 21. The Bertz CT molecular complexity index is 1620. The van der Waals surface area contributed by atoms with Crippen molar-refractivity contribution in [2.75, 3.05) is 13.2 Å². The molecule has 1 atom stereocenters. The molecule has 0 heterocycles. The van der Waals surface area contributed by atoms with Gasteiger partial charge in [-0.3, -0.25) is 14.4 Å². The second-order valence-electron chi connectivity index (χ2n) is 19.9. The third-order valence-electron chi connectivity index (χ3n) is 12.7. The van der Waals surface area contributed by atoms with Crippen molar-refractivity contribution in [2.24, 2.45) is 0 Å². The van der Waals surface area contributed by atoms with Crippen LogP contribution in [0.5, 0.6) is 0 Å². The summed E-state index contributed by atoms with van der Waals surface area (Å²) in [5.74, 6) is -0.916. The molecule has 0 N–H and O–H groups in total. The molecule has 0 aliphatic heterocycles. The molecule has 0 aromatic rings. The molecule has 6 nitrogen and oxygen atoms in total. The summed E-state index contributed by atoms with van der Waals surface area (Å²) in [6.45, 7) is 6.32. The highest BCUT2D eigenvalue weighted by Crippen LogP contribution is 2.15. The van der Waals surface area contributed by atoms with Gasteiger partial charge in [-0.2, -0.15) is 0 Å². The minimum atomic E-state index is -0.786. The van der Waals surface area contributed by atoms with E-state index in [9.17, 15) is 14.4 Å². The van der Waals surface area contributed by atoms with Gasteiger partial charge in [0.1, 0.15) is 13.2 Å². The number of hydrogen-bond acceptors (Lipinski definition) is 6. The van der Waals surface area contributed by atoms with Crippen LogP contribution < -0.4 is 0 Å². The minimum Gasteiger partial charge on any atom is -0.462 e. The van der Waals surface area contributed by atoms with E-state index in [0.717, 1.165) is 148 Å². The summed E-state index contributed by atoms with van der Waals surface area (Å²) < 4.78 is 16.7. The van der Waals surface area contributed by atoms with Gasteiger partial charge < -0.3 is 14.2 Å². The van der Waals surface area contributed by atoms with Crippen LogP contribution in [0.15, 0.2) is 134 Å². The summed E-state index contributed by atoms with van der Waals surface area (Å²) in [5, 5.41) is 0.